The van der Waals surface area contributed by atoms with Crippen LogP contribution in [0.4, 0.5) is 0 Å². The lowest BCUT2D eigenvalue weighted by atomic mass is 9.81. The van der Waals surface area contributed by atoms with Crippen molar-refractivity contribution in [2.24, 2.45) is 5.41 Å². The lowest BCUT2D eigenvalue weighted by molar-refractivity contribution is 0.400. The molecule has 1 heteroatoms. The van der Waals surface area contributed by atoms with Crippen LogP contribution in [0.15, 0.2) is 23.4 Å². The van der Waals surface area contributed by atoms with Gasteiger partial charge in [0.2, 0.25) is 0 Å². The first-order valence-electron chi connectivity index (χ1n) is 5.06. The van der Waals surface area contributed by atoms with Gasteiger partial charge in [-0.2, -0.15) is 0 Å². The summed E-state index contributed by atoms with van der Waals surface area (Å²) in [6.45, 7) is 10.2. The van der Waals surface area contributed by atoms with Gasteiger partial charge >= 0.3 is 0 Å². The van der Waals surface area contributed by atoms with Gasteiger partial charge in [-0.1, -0.05) is 27.7 Å². The Morgan fingerprint density at radius 2 is 2.00 bits per heavy atom. The van der Waals surface area contributed by atoms with Crippen molar-refractivity contribution in [2.75, 3.05) is 13.6 Å². The molecule has 0 spiro atoms. The second-order valence-electron chi connectivity index (χ2n) is 4.84. The molecule has 1 heterocycles. The molecule has 0 saturated heterocycles. The van der Waals surface area contributed by atoms with Gasteiger partial charge in [0, 0.05) is 13.6 Å². The molecule has 0 bridgehead atoms. The molecule has 0 N–H and O–H groups in total. The second kappa shape index (κ2) is 3.57. The van der Waals surface area contributed by atoms with Gasteiger partial charge in [0.1, 0.15) is 0 Å². The first-order valence-corrected chi connectivity index (χ1v) is 5.06. The number of hydrogen-bond donors (Lipinski definition) is 0. The molecule has 74 valence electrons. The summed E-state index contributed by atoms with van der Waals surface area (Å²) in [6, 6.07) is 0. The van der Waals surface area contributed by atoms with Crippen LogP contribution in [0.25, 0.3) is 0 Å². The van der Waals surface area contributed by atoms with Crippen molar-refractivity contribution in [2.45, 2.75) is 34.1 Å². The maximum atomic E-state index is 2.30. The summed E-state index contributed by atoms with van der Waals surface area (Å²) < 4.78 is 0. The maximum absolute atomic E-state index is 2.30. The number of allylic oxidation sites excluding steroid dienone is 2. The van der Waals surface area contributed by atoms with Crippen LogP contribution in [0.2, 0.25) is 0 Å². The van der Waals surface area contributed by atoms with Gasteiger partial charge in [-0.15, -0.1) is 0 Å². The molecule has 1 aliphatic heterocycles. The van der Waals surface area contributed by atoms with Gasteiger partial charge in [0.15, 0.2) is 0 Å². The van der Waals surface area contributed by atoms with Crippen LogP contribution in [0.1, 0.15) is 34.1 Å². The lowest BCUT2D eigenvalue weighted by Gasteiger charge is -2.32. The molecule has 13 heavy (non-hydrogen) atoms. The largest absolute Gasteiger partial charge is 0.376 e. The summed E-state index contributed by atoms with van der Waals surface area (Å²) in [6.07, 6.45) is 5.58. The molecule has 0 amide bonds. The molecule has 0 fully saturated rings. The number of hydrogen-bond acceptors (Lipinski definition) is 1. The average molecular weight is 179 g/mol. The van der Waals surface area contributed by atoms with E-state index in [0.29, 0.717) is 5.41 Å². The summed E-state index contributed by atoms with van der Waals surface area (Å²) >= 11 is 0. The fraction of sp³-hybridized carbons (Fsp3) is 0.667. The molecule has 0 aromatic heterocycles. The van der Waals surface area contributed by atoms with E-state index in [1.165, 1.54) is 5.57 Å². The molecule has 1 aliphatic rings. The van der Waals surface area contributed by atoms with Crippen molar-refractivity contribution in [3.63, 3.8) is 0 Å². The Morgan fingerprint density at radius 3 is 2.46 bits per heavy atom. The van der Waals surface area contributed by atoms with Crippen LogP contribution in [0.3, 0.4) is 0 Å². The summed E-state index contributed by atoms with van der Waals surface area (Å²) in [4.78, 5) is 2.25. The van der Waals surface area contributed by atoms with E-state index in [2.05, 4.69) is 51.9 Å². The highest BCUT2D eigenvalue weighted by Gasteiger charge is 2.22. The molecule has 1 nitrogen and oxygen atoms in total. The van der Waals surface area contributed by atoms with Crippen molar-refractivity contribution in [3.05, 3.63) is 23.4 Å². The van der Waals surface area contributed by atoms with Gasteiger partial charge in [0.25, 0.3) is 0 Å². The number of rotatable bonds is 1. The molecular weight excluding hydrogens is 158 g/mol. The Labute approximate surface area is 82.1 Å². The van der Waals surface area contributed by atoms with E-state index in [0.717, 1.165) is 13.0 Å². The quantitative estimate of drug-likeness (QED) is 0.597. The maximum Gasteiger partial charge on any atom is 0.0391 e. The zero-order valence-electron chi connectivity index (χ0n) is 9.52. The molecule has 0 radical (unpaired) electrons. The van der Waals surface area contributed by atoms with Crippen LogP contribution in [0, 0.1) is 5.41 Å². The second-order valence-corrected chi connectivity index (χ2v) is 4.84. The molecule has 0 saturated carbocycles. The monoisotopic (exact) mass is 179 g/mol. The third kappa shape index (κ3) is 2.36. The predicted molar refractivity (Wildman–Crippen MR) is 58.5 cm³/mol. The molecule has 0 unspecified atom stereocenters. The van der Waals surface area contributed by atoms with E-state index in [4.69, 9.17) is 0 Å². The minimum absolute atomic E-state index is 0.310. The van der Waals surface area contributed by atoms with Crippen LogP contribution in [-0.2, 0) is 0 Å². The van der Waals surface area contributed by atoms with Gasteiger partial charge in [-0.25, -0.2) is 0 Å². The van der Waals surface area contributed by atoms with Crippen molar-refractivity contribution >= 4 is 0 Å². The molecule has 0 atom stereocenters. The Kier molecular flexibility index (Phi) is 2.84. The Balaban J connectivity index is 2.99. The van der Waals surface area contributed by atoms with Gasteiger partial charge in [0.05, 0.1) is 0 Å². The van der Waals surface area contributed by atoms with Crippen LogP contribution >= 0.6 is 0 Å². The van der Waals surface area contributed by atoms with Gasteiger partial charge in [-0.3, -0.25) is 0 Å². The summed E-state index contributed by atoms with van der Waals surface area (Å²) in [5.41, 5.74) is 3.41. The highest BCUT2D eigenvalue weighted by molar-refractivity contribution is 5.33. The fourth-order valence-electron chi connectivity index (χ4n) is 1.77. The van der Waals surface area contributed by atoms with Crippen molar-refractivity contribution in [3.8, 4) is 0 Å². The standard InChI is InChI=1S/C12H21N/c1-6-10-7-8-13(5)9-11(10)12(2,3)4/h7-8H,6,9H2,1-5H3. The Hall–Kier alpha value is -0.720. The highest BCUT2D eigenvalue weighted by atomic mass is 15.1. The third-order valence-electron chi connectivity index (χ3n) is 2.61. The highest BCUT2D eigenvalue weighted by Crippen LogP contribution is 2.32. The SMILES string of the molecule is CCC1=C(C(C)(C)C)CN(C)C=C1. The van der Waals surface area contributed by atoms with Gasteiger partial charge < -0.3 is 4.90 Å². The summed E-state index contributed by atoms with van der Waals surface area (Å²) in [5.74, 6) is 0. The fourth-order valence-corrected chi connectivity index (χ4v) is 1.77. The summed E-state index contributed by atoms with van der Waals surface area (Å²) in [5, 5.41) is 0. The third-order valence-corrected chi connectivity index (χ3v) is 2.61. The topological polar surface area (TPSA) is 3.24 Å². The van der Waals surface area contributed by atoms with E-state index >= 15 is 0 Å². The van der Waals surface area contributed by atoms with Crippen LogP contribution in [0.5, 0.6) is 0 Å². The predicted octanol–water partition coefficient (Wildman–Crippen LogP) is 3.20. The molecule has 1 rings (SSSR count). The molecule has 0 aliphatic carbocycles. The van der Waals surface area contributed by atoms with Crippen molar-refractivity contribution in [1.29, 1.82) is 0 Å². The van der Waals surface area contributed by atoms with E-state index in [1.54, 1.807) is 5.57 Å². The van der Waals surface area contributed by atoms with Crippen molar-refractivity contribution < 1.29 is 0 Å². The molecular formula is C12H21N. The average Bonchev–Trinajstić information content (AvgIpc) is 2.03. The summed E-state index contributed by atoms with van der Waals surface area (Å²) in [7, 11) is 2.13. The zero-order chi connectivity index (χ0) is 10.1. The first kappa shape index (κ1) is 10.4. The van der Waals surface area contributed by atoms with E-state index < -0.39 is 0 Å². The normalized spacial score (nSPS) is 18.4. The van der Waals surface area contributed by atoms with E-state index in [1.807, 2.05) is 0 Å². The minimum atomic E-state index is 0.310. The molecule has 0 aromatic rings. The first-order chi connectivity index (χ1) is 5.95. The minimum Gasteiger partial charge on any atom is -0.376 e. The smallest absolute Gasteiger partial charge is 0.0391 e. The van der Waals surface area contributed by atoms with Gasteiger partial charge in [-0.05, 0) is 35.3 Å². The Morgan fingerprint density at radius 1 is 1.38 bits per heavy atom. The Bertz CT molecular complexity index is 240. The zero-order valence-corrected chi connectivity index (χ0v) is 9.52. The lowest BCUT2D eigenvalue weighted by Crippen LogP contribution is -2.26. The van der Waals surface area contributed by atoms with Crippen LogP contribution < -0.4 is 0 Å². The number of likely N-dealkylation sites (N-methyl/N-ethyl adjacent to an activating group) is 1. The van der Waals surface area contributed by atoms with E-state index in [-0.39, 0.29) is 0 Å². The van der Waals surface area contributed by atoms with Crippen molar-refractivity contribution in [1.82, 2.24) is 4.90 Å². The van der Waals surface area contributed by atoms with E-state index in [9.17, 15) is 0 Å². The van der Waals surface area contributed by atoms with Crippen LogP contribution in [-0.4, -0.2) is 18.5 Å². The molecule has 0 aromatic carbocycles. The number of nitrogens with zero attached hydrogens (tertiary/aromatic N) is 1.